The van der Waals surface area contributed by atoms with Crippen LogP contribution in [-0.2, 0) is 25.9 Å². The lowest BCUT2D eigenvalue weighted by Gasteiger charge is -2.09. The zero-order valence-corrected chi connectivity index (χ0v) is 15.8. The molecule has 29 heavy (non-hydrogen) atoms. The van der Waals surface area contributed by atoms with Gasteiger partial charge in [0.25, 0.3) is 5.91 Å². The number of rotatable bonds is 5. The minimum atomic E-state index is -0.275. The molecule has 4 aromatic rings. The van der Waals surface area contributed by atoms with Crippen LogP contribution in [0.1, 0.15) is 39.0 Å². The summed E-state index contributed by atoms with van der Waals surface area (Å²) >= 11 is 0. The highest BCUT2D eigenvalue weighted by Gasteiger charge is 2.29. The molecular weight excluding hydrogens is 370 g/mol. The van der Waals surface area contributed by atoms with E-state index in [0.29, 0.717) is 18.1 Å². The van der Waals surface area contributed by atoms with Crippen molar-refractivity contribution >= 4 is 5.91 Å². The van der Waals surface area contributed by atoms with Crippen molar-refractivity contribution < 1.29 is 9.21 Å². The number of hydrogen-bond donors (Lipinski definition) is 2. The van der Waals surface area contributed by atoms with Crippen molar-refractivity contribution in [2.75, 3.05) is 0 Å². The summed E-state index contributed by atoms with van der Waals surface area (Å²) in [5.41, 5.74) is 4.72. The number of aryl methyl sites for hydroxylation is 2. The number of carbonyl (C=O) groups is 1. The van der Waals surface area contributed by atoms with Gasteiger partial charge >= 0.3 is 0 Å². The van der Waals surface area contributed by atoms with Crippen molar-refractivity contribution in [3.05, 3.63) is 71.1 Å². The molecule has 0 aromatic carbocycles. The third-order valence-electron chi connectivity index (χ3n) is 5.06. The van der Waals surface area contributed by atoms with Gasteiger partial charge in [0.05, 0.1) is 24.5 Å². The van der Waals surface area contributed by atoms with Gasteiger partial charge in [-0.05, 0) is 31.0 Å². The van der Waals surface area contributed by atoms with Gasteiger partial charge in [-0.15, -0.1) is 10.2 Å². The van der Waals surface area contributed by atoms with E-state index < -0.39 is 0 Å². The first kappa shape index (κ1) is 17.4. The van der Waals surface area contributed by atoms with Crippen LogP contribution in [0, 0.1) is 6.92 Å². The van der Waals surface area contributed by atoms with Crippen molar-refractivity contribution in [1.29, 1.82) is 0 Å². The van der Waals surface area contributed by atoms with Crippen LogP contribution in [0.2, 0.25) is 0 Å². The summed E-state index contributed by atoms with van der Waals surface area (Å²) < 4.78 is 7.83. The average Bonchev–Trinajstić information content (AvgIpc) is 3.45. The Balaban J connectivity index is 1.41. The van der Waals surface area contributed by atoms with E-state index in [1.54, 1.807) is 6.20 Å². The first-order valence-electron chi connectivity index (χ1n) is 9.41. The van der Waals surface area contributed by atoms with Gasteiger partial charge in [-0.3, -0.25) is 14.5 Å². The third-order valence-corrected chi connectivity index (χ3v) is 5.06. The molecule has 5 rings (SSSR count). The maximum Gasteiger partial charge on any atom is 0.287 e. The maximum atomic E-state index is 12.6. The van der Waals surface area contributed by atoms with Crippen molar-refractivity contribution in [2.45, 2.75) is 32.9 Å². The van der Waals surface area contributed by atoms with Crippen LogP contribution in [0.25, 0.3) is 11.3 Å². The van der Waals surface area contributed by atoms with Gasteiger partial charge in [0, 0.05) is 29.9 Å². The summed E-state index contributed by atoms with van der Waals surface area (Å²) in [5.74, 6) is 1.44. The number of aromatic nitrogens is 6. The molecule has 146 valence electrons. The van der Waals surface area contributed by atoms with Crippen molar-refractivity contribution in [1.82, 2.24) is 35.3 Å². The Hall–Kier alpha value is -3.75. The second kappa shape index (κ2) is 7.01. The average molecular weight is 389 g/mol. The van der Waals surface area contributed by atoms with Crippen molar-refractivity contribution in [3.63, 3.8) is 0 Å². The zero-order chi connectivity index (χ0) is 19.8. The van der Waals surface area contributed by atoms with E-state index in [9.17, 15) is 4.79 Å². The minimum Gasteiger partial charge on any atom is -0.455 e. The van der Waals surface area contributed by atoms with Crippen LogP contribution in [-0.4, -0.2) is 35.9 Å². The minimum absolute atomic E-state index is 0.258. The normalized spacial score (nSPS) is 12.4. The Labute approximate surface area is 166 Å². The van der Waals surface area contributed by atoms with Crippen LogP contribution in [0.3, 0.4) is 0 Å². The number of nitrogens with one attached hydrogen (secondary N) is 2. The number of nitrogens with zero attached hydrogens (tertiary/aromatic N) is 5. The van der Waals surface area contributed by atoms with E-state index >= 15 is 0 Å². The number of aromatic amines is 1. The van der Waals surface area contributed by atoms with Crippen molar-refractivity contribution in [2.24, 2.45) is 0 Å². The highest BCUT2D eigenvalue weighted by Crippen LogP contribution is 2.38. The van der Waals surface area contributed by atoms with Gasteiger partial charge in [0.1, 0.15) is 17.9 Å². The van der Waals surface area contributed by atoms with Crippen LogP contribution in [0.4, 0.5) is 0 Å². The fourth-order valence-electron chi connectivity index (χ4n) is 3.68. The molecule has 0 atom stereocenters. The summed E-state index contributed by atoms with van der Waals surface area (Å²) in [7, 11) is 0. The van der Waals surface area contributed by atoms with Gasteiger partial charge in [0.15, 0.2) is 5.76 Å². The lowest BCUT2D eigenvalue weighted by Crippen LogP contribution is -2.23. The quantitative estimate of drug-likeness (QED) is 0.540. The SMILES string of the molecule is Cc1c(C(=O)NCc2nnc[nH]2)oc2c1-c1nn(Cc3ccccn3)cc1CC2. The summed E-state index contributed by atoms with van der Waals surface area (Å²) in [6, 6.07) is 5.84. The molecule has 4 heterocycles. The van der Waals surface area contributed by atoms with Crippen LogP contribution < -0.4 is 5.32 Å². The van der Waals surface area contributed by atoms with Crippen LogP contribution in [0.15, 0.2) is 41.3 Å². The van der Waals surface area contributed by atoms with Gasteiger partial charge in [-0.1, -0.05) is 6.07 Å². The van der Waals surface area contributed by atoms with Gasteiger partial charge < -0.3 is 14.7 Å². The molecule has 2 N–H and O–H groups in total. The lowest BCUT2D eigenvalue weighted by molar-refractivity contribution is 0.0919. The predicted octanol–water partition coefficient (Wildman–Crippen LogP) is 2.04. The number of fused-ring (bicyclic) bond motifs is 3. The maximum absolute atomic E-state index is 12.6. The molecule has 9 heteroatoms. The highest BCUT2D eigenvalue weighted by molar-refractivity contribution is 5.95. The predicted molar refractivity (Wildman–Crippen MR) is 103 cm³/mol. The Kier molecular flexibility index (Phi) is 4.19. The molecule has 0 bridgehead atoms. The van der Waals surface area contributed by atoms with Crippen LogP contribution >= 0.6 is 0 Å². The Bertz CT molecular complexity index is 1160. The molecule has 1 aliphatic rings. The Morgan fingerprint density at radius 2 is 2.28 bits per heavy atom. The topological polar surface area (TPSA) is 115 Å². The summed E-state index contributed by atoms with van der Waals surface area (Å²) in [6.07, 6.45) is 6.88. The molecule has 0 spiro atoms. The molecule has 0 saturated heterocycles. The van der Waals surface area contributed by atoms with Gasteiger partial charge in [-0.25, -0.2) is 0 Å². The summed E-state index contributed by atoms with van der Waals surface area (Å²) in [4.78, 5) is 19.9. The molecule has 9 nitrogen and oxygen atoms in total. The molecular formula is C20H19N7O2. The van der Waals surface area contributed by atoms with E-state index in [-0.39, 0.29) is 12.5 Å². The number of carbonyl (C=O) groups excluding carboxylic acids is 1. The standard InChI is InChI=1S/C20H19N7O2/c1-12-17-15(29-19(12)20(28)22-8-16-23-11-24-25-16)6-5-13-9-27(26-18(13)17)10-14-4-2-3-7-21-14/h2-4,7,9,11H,5-6,8,10H2,1H3,(H,22,28)(H,23,24,25). The fraction of sp³-hybridized carbons (Fsp3) is 0.250. The van der Waals surface area contributed by atoms with Gasteiger partial charge in [0.2, 0.25) is 0 Å². The van der Waals surface area contributed by atoms with Crippen molar-refractivity contribution in [3.8, 4) is 11.3 Å². The van der Waals surface area contributed by atoms with E-state index in [1.165, 1.54) is 6.33 Å². The monoisotopic (exact) mass is 389 g/mol. The first-order chi connectivity index (χ1) is 14.2. The number of hydrogen-bond acceptors (Lipinski definition) is 6. The molecule has 0 unspecified atom stereocenters. The third kappa shape index (κ3) is 3.20. The molecule has 1 amide bonds. The number of amides is 1. The van der Waals surface area contributed by atoms with E-state index in [0.717, 1.165) is 46.7 Å². The Morgan fingerprint density at radius 3 is 3.07 bits per heavy atom. The molecule has 1 aliphatic carbocycles. The summed E-state index contributed by atoms with van der Waals surface area (Å²) in [6.45, 7) is 2.76. The van der Waals surface area contributed by atoms with E-state index in [4.69, 9.17) is 9.52 Å². The van der Waals surface area contributed by atoms with E-state index in [2.05, 4.69) is 31.7 Å². The second-order valence-corrected chi connectivity index (χ2v) is 6.99. The van der Waals surface area contributed by atoms with E-state index in [1.807, 2.05) is 29.8 Å². The second-order valence-electron chi connectivity index (χ2n) is 6.99. The largest absolute Gasteiger partial charge is 0.455 e. The van der Waals surface area contributed by atoms with Gasteiger partial charge in [-0.2, -0.15) is 5.10 Å². The summed E-state index contributed by atoms with van der Waals surface area (Å²) in [5, 5.41) is 15.2. The molecule has 0 radical (unpaired) electrons. The Morgan fingerprint density at radius 1 is 1.34 bits per heavy atom. The fourth-order valence-corrected chi connectivity index (χ4v) is 3.68. The number of furan rings is 1. The smallest absolute Gasteiger partial charge is 0.287 e. The van der Waals surface area contributed by atoms with Crippen LogP contribution in [0.5, 0.6) is 0 Å². The molecule has 0 aliphatic heterocycles. The molecule has 4 aromatic heterocycles. The number of H-pyrrole nitrogens is 1. The lowest BCUT2D eigenvalue weighted by atomic mass is 9.93. The highest BCUT2D eigenvalue weighted by atomic mass is 16.4. The molecule has 0 saturated carbocycles. The molecule has 0 fully saturated rings. The zero-order valence-electron chi connectivity index (χ0n) is 15.8. The number of pyridine rings is 1. The first-order valence-corrected chi connectivity index (χ1v) is 9.41.